The summed E-state index contributed by atoms with van der Waals surface area (Å²) in [6, 6.07) is 13.3. The van der Waals surface area contributed by atoms with Crippen molar-refractivity contribution in [3.8, 4) is 11.3 Å². The Morgan fingerprint density at radius 1 is 0.829 bits per heavy atom. The van der Waals surface area contributed by atoms with Gasteiger partial charge in [-0.2, -0.15) is 4.31 Å². The predicted octanol–water partition coefficient (Wildman–Crippen LogP) is 3.09. The Morgan fingerprint density at radius 2 is 1.40 bits per heavy atom. The quantitative estimate of drug-likeness (QED) is 0.368. The first kappa shape index (κ1) is 24.2. The maximum absolute atomic E-state index is 13.2. The molecule has 1 aromatic heterocycles. The number of piperazine rings is 1. The zero-order chi connectivity index (χ0) is 25.3. The first-order chi connectivity index (χ1) is 16.6. The van der Waals surface area contributed by atoms with Crippen LogP contribution >= 0.6 is 0 Å². The van der Waals surface area contributed by atoms with Crippen molar-refractivity contribution in [1.29, 1.82) is 0 Å². The van der Waals surface area contributed by atoms with Gasteiger partial charge in [0.05, 0.1) is 20.4 Å². The number of nitro benzene ring substituents is 2. The number of anilines is 1. The normalized spacial score (nSPS) is 14.6. The van der Waals surface area contributed by atoms with E-state index >= 15 is 0 Å². The highest BCUT2D eigenvalue weighted by atomic mass is 32.2. The molecule has 0 saturated carbocycles. The van der Waals surface area contributed by atoms with Crippen LogP contribution in [0.4, 0.5) is 17.2 Å². The number of hydrogen-bond acceptors (Lipinski definition) is 9. The van der Waals surface area contributed by atoms with Crippen LogP contribution in [0.25, 0.3) is 11.3 Å². The first-order valence-corrected chi connectivity index (χ1v) is 12.1. The van der Waals surface area contributed by atoms with Crippen LogP contribution in [0.5, 0.6) is 0 Å². The van der Waals surface area contributed by atoms with Gasteiger partial charge in [-0.25, -0.2) is 8.42 Å². The second kappa shape index (κ2) is 9.35. The van der Waals surface area contributed by atoms with Gasteiger partial charge in [-0.15, -0.1) is 10.2 Å². The number of nitro groups is 2. The molecule has 0 amide bonds. The maximum Gasteiger partial charge on any atom is 0.280 e. The maximum atomic E-state index is 13.2. The van der Waals surface area contributed by atoms with E-state index in [9.17, 15) is 28.6 Å². The van der Waals surface area contributed by atoms with Gasteiger partial charge in [-0.05, 0) is 26.0 Å². The van der Waals surface area contributed by atoms with Crippen molar-refractivity contribution in [2.75, 3.05) is 31.1 Å². The number of hydrogen-bond donors (Lipinski definition) is 0. The molecule has 2 aromatic carbocycles. The molecule has 1 fully saturated rings. The van der Waals surface area contributed by atoms with Crippen molar-refractivity contribution in [3.63, 3.8) is 0 Å². The zero-order valence-corrected chi connectivity index (χ0v) is 19.8. The zero-order valence-electron chi connectivity index (χ0n) is 19.0. The standard InChI is InChI=1S/C22H22N6O6S/c1-15-3-5-17(6-4-15)19-7-8-22(24-23-19)25-9-11-26(12-10-25)35(33,34)18-13-20(27(29)30)16(2)21(14-18)28(31)32/h3-8,13-14H,9-12H2,1-2H3. The highest BCUT2D eigenvalue weighted by Crippen LogP contribution is 2.33. The van der Waals surface area contributed by atoms with E-state index in [0.717, 1.165) is 33.3 Å². The smallest absolute Gasteiger partial charge is 0.280 e. The van der Waals surface area contributed by atoms with Crippen LogP contribution in [-0.4, -0.2) is 58.9 Å². The van der Waals surface area contributed by atoms with Gasteiger partial charge in [0.2, 0.25) is 10.0 Å². The molecule has 182 valence electrons. The molecular formula is C22H22N6O6S. The average molecular weight is 499 g/mol. The van der Waals surface area contributed by atoms with Crippen LogP contribution in [0, 0.1) is 34.1 Å². The number of sulfonamides is 1. The molecule has 0 spiro atoms. The highest BCUT2D eigenvalue weighted by Gasteiger charge is 2.33. The Kier molecular flexibility index (Phi) is 6.45. The van der Waals surface area contributed by atoms with Crippen LogP contribution < -0.4 is 4.90 Å². The van der Waals surface area contributed by atoms with Gasteiger partial charge in [0, 0.05) is 43.9 Å². The second-order valence-electron chi connectivity index (χ2n) is 8.13. The van der Waals surface area contributed by atoms with Gasteiger partial charge >= 0.3 is 0 Å². The van der Waals surface area contributed by atoms with E-state index < -0.39 is 36.1 Å². The summed E-state index contributed by atoms with van der Waals surface area (Å²) in [6.07, 6.45) is 0. The second-order valence-corrected chi connectivity index (χ2v) is 10.1. The summed E-state index contributed by atoms with van der Waals surface area (Å²) >= 11 is 0. The Hall–Kier alpha value is -3.97. The third-order valence-electron chi connectivity index (χ3n) is 5.92. The molecule has 4 rings (SSSR count). The minimum absolute atomic E-state index is 0.0825. The van der Waals surface area contributed by atoms with E-state index in [0.29, 0.717) is 18.9 Å². The van der Waals surface area contributed by atoms with Crippen LogP contribution in [0.15, 0.2) is 53.4 Å². The lowest BCUT2D eigenvalue weighted by atomic mass is 10.1. The van der Waals surface area contributed by atoms with Crippen molar-refractivity contribution in [2.24, 2.45) is 0 Å². The molecule has 0 unspecified atom stereocenters. The Labute approximate surface area is 201 Å². The minimum atomic E-state index is -4.18. The van der Waals surface area contributed by atoms with Crippen LogP contribution in [0.3, 0.4) is 0 Å². The van der Waals surface area contributed by atoms with Crippen LogP contribution in [0.1, 0.15) is 11.1 Å². The Balaban J connectivity index is 1.51. The molecule has 1 aliphatic rings. The average Bonchev–Trinajstić information content (AvgIpc) is 2.84. The topological polar surface area (TPSA) is 153 Å². The van der Waals surface area contributed by atoms with Crippen LogP contribution in [-0.2, 0) is 10.0 Å². The van der Waals surface area contributed by atoms with E-state index in [-0.39, 0.29) is 18.7 Å². The third-order valence-corrected chi connectivity index (χ3v) is 7.79. The van der Waals surface area contributed by atoms with Gasteiger partial charge < -0.3 is 4.90 Å². The number of benzene rings is 2. The van der Waals surface area contributed by atoms with E-state index in [1.807, 2.05) is 48.2 Å². The molecule has 2 heterocycles. The SMILES string of the molecule is Cc1ccc(-c2ccc(N3CCN(S(=O)(=O)c4cc([N+](=O)[O-])c(C)c([N+](=O)[O-])c4)CC3)nn2)cc1. The van der Waals surface area contributed by atoms with Crippen molar-refractivity contribution >= 4 is 27.2 Å². The van der Waals surface area contributed by atoms with E-state index in [1.165, 1.54) is 6.92 Å². The fourth-order valence-corrected chi connectivity index (χ4v) is 5.33. The summed E-state index contributed by atoms with van der Waals surface area (Å²) < 4.78 is 27.5. The molecule has 35 heavy (non-hydrogen) atoms. The number of aryl methyl sites for hydroxylation is 1. The summed E-state index contributed by atoms with van der Waals surface area (Å²) in [6.45, 7) is 4.01. The monoisotopic (exact) mass is 498 g/mol. The Bertz CT molecular complexity index is 1350. The Morgan fingerprint density at radius 3 is 1.89 bits per heavy atom. The van der Waals surface area contributed by atoms with Crippen molar-refractivity contribution < 1.29 is 18.3 Å². The number of nitrogens with zero attached hydrogens (tertiary/aromatic N) is 6. The molecule has 0 atom stereocenters. The summed E-state index contributed by atoms with van der Waals surface area (Å²) in [5.74, 6) is 0.597. The molecule has 0 N–H and O–H groups in total. The molecule has 0 radical (unpaired) electrons. The minimum Gasteiger partial charge on any atom is -0.352 e. The van der Waals surface area contributed by atoms with Gasteiger partial charge in [-0.3, -0.25) is 20.2 Å². The summed E-state index contributed by atoms with van der Waals surface area (Å²) in [5, 5.41) is 31.2. The highest BCUT2D eigenvalue weighted by molar-refractivity contribution is 7.89. The van der Waals surface area contributed by atoms with E-state index in [4.69, 9.17) is 0 Å². The number of rotatable bonds is 6. The lowest BCUT2D eigenvalue weighted by molar-refractivity contribution is -0.395. The number of aromatic nitrogens is 2. The van der Waals surface area contributed by atoms with Crippen molar-refractivity contribution in [3.05, 3.63) is 79.9 Å². The van der Waals surface area contributed by atoms with Gasteiger partial charge in [0.1, 0.15) is 5.56 Å². The first-order valence-electron chi connectivity index (χ1n) is 10.7. The van der Waals surface area contributed by atoms with Gasteiger partial charge in [0.25, 0.3) is 11.4 Å². The van der Waals surface area contributed by atoms with Gasteiger partial charge in [-0.1, -0.05) is 29.8 Å². The molecule has 0 aliphatic carbocycles. The van der Waals surface area contributed by atoms with E-state index in [1.54, 1.807) is 0 Å². The molecule has 1 aliphatic heterocycles. The molecule has 12 nitrogen and oxygen atoms in total. The van der Waals surface area contributed by atoms with Crippen molar-refractivity contribution in [1.82, 2.24) is 14.5 Å². The largest absolute Gasteiger partial charge is 0.352 e. The predicted molar refractivity (Wildman–Crippen MR) is 128 cm³/mol. The lowest BCUT2D eigenvalue weighted by Gasteiger charge is -2.34. The molecule has 1 saturated heterocycles. The molecular weight excluding hydrogens is 476 g/mol. The molecule has 3 aromatic rings. The van der Waals surface area contributed by atoms with E-state index in [2.05, 4.69) is 10.2 Å². The molecule has 13 heteroatoms. The fraction of sp³-hybridized carbons (Fsp3) is 0.273. The lowest BCUT2D eigenvalue weighted by Crippen LogP contribution is -2.49. The summed E-state index contributed by atoms with van der Waals surface area (Å²) in [7, 11) is -4.18. The summed E-state index contributed by atoms with van der Waals surface area (Å²) in [4.78, 5) is 22.4. The van der Waals surface area contributed by atoms with Crippen molar-refractivity contribution in [2.45, 2.75) is 18.7 Å². The molecule has 0 bridgehead atoms. The third kappa shape index (κ3) is 4.81. The van der Waals surface area contributed by atoms with Crippen LogP contribution in [0.2, 0.25) is 0 Å². The summed E-state index contributed by atoms with van der Waals surface area (Å²) in [5.41, 5.74) is 1.38. The fourth-order valence-electron chi connectivity index (χ4n) is 3.87. The van der Waals surface area contributed by atoms with Gasteiger partial charge in [0.15, 0.2) is 5.82 Å².